The van der Waals surface area contributed by atoms with Crippen molar-refractivity contribution in [2.24, 2.45) is 0 Å². The Bertz CT molecular complexity index is 679. The second kappa shape index (κ2) is 9.25. The first-order chi connectivity index (χ1) is 11.0. The fourth-order valence-corrected chi connectivity index (χ4v) is 3.34. The van der Waals surface area contributed by atoms with Gasteiger partial charge in [0.2, 0.25) is 0 Å². The fourth-order valence-electron chi connectivity index (χ4n) is 1.99. The Morgan fingerprint density at radius 3 is 2.83 bits per heavy atom. The highest BCUT2D eigenvalue weighted by Gasteiger charge is 2.04. The summed E-state index contributed by atoms with van der Waals surface area (Å²) in [7, 11) is 0. The average molecular weight is 413 g/mol. The molecule has 0 aliphatic rings. The van der Waals surface area contributed by atoms with Crippen LogP contribution >= 0.6 is 39.9 Å². The van der Waals surface area contributed by atoms with E-state index in [0.717, 1.165) is 18.1 Å². The molecule has 2 N–H and O–H groups in total. The number of thiocarbonyl (C=S) groups is 1. The number of hydrogen-bond donors (Lipinski definition) is 2. The summed E-state index contributed by atoms with van der Waals surface area (Å²) in [5.41, 5.74) is 2.98. The molecular weight excluding hydrogens is 395 g/mol. The molecule has 0 spiro atoms. The van der Waals surface area contributed by atoms with Gasteiger partial charge >= 0.3 is 0 Å². The van der Waals surface area contributed by atoms with E-state index in [9.17, 15) is 4.39 Å². The molecule has 0 saturated heterocycles. The molecule has 2 aromatic carbocycles. The standard InChI is InChI=1S/C17H18BrFN2S2/c1-12-3-2-4-13(9-12)11-23-8-7-20-17(22)21-16-6-5-14(18)10-15(16)19/h2-6,9-10H,7-8,11H2,1H3,(H2,20,21,22). The summed E-state index contributed by atoms with van der Waals surface area (Å²) in [6.45, 7) is 2.83. The van der Waals surface area contributed by atoms with Crippen molar-refractivity contribution in [2.45, 2.75) is 12.7 Å². The maximum Gasteiger partial charge on any atom is 0.170 e. The van der Waals surface area contributed by atoms with Gasteiger partial charge in [0.15, 0.2) is 5.11 Å². The van der Waals surface area contributed by atoms with Crippen LogP contribution in [0.1, 0.15) is 11.1 Å². The molecule has 6 heteroatoms. The molecule has 0 heterocycles. The summed E-state index contributed by atoms with van der Waals surface area (Å²) in [4.78, 5) is 0. The molecule has 2 nitrogen and oxygen atoms in total. The summed E-state index contributed by atoms with van der Waals surface area (Å²) < 4.78 is 14.4. The number of anilines is 1. The molecule has 23 heavy (non-hydrogen) atoms. The lowest BCUT2D eigenvalue weighted by molar-refractivity contribution is 0.631. The lowest BCUT2D eigenvalue weighted by Gasteiger charge is -2.11. The Labute approximate surface area is 154 Å². The summed E-state index contributed by atoms with van der Waals surface area (Å²) in [5.74, 6) is 1.57. The van der Waals surface area contributed by atoms with E-state index in [1.54, 1.807) is 12.1 Å². The van der Waals surface area contributed by atoms with Crippen LogP contribution < -0.4 is 10.6 Å². The van der Waals surface area contributed by atoms with Crippen LogP contribution in [0.15, 0.2) is 46.9 Å². The zero-order valence-electron chi connectivity index (χ0n) is 12.7. The number of halogens is 2. The van der Waals surface area contributed by atoms with Gasteiger partial charge in [0.25, 0.3) is 0 Å². The second-order valence-corrected chi connectivity index (χ2v) is 7.48. The molecule has 122 valence electrons. The van der Waals surface area contributed by atoms with Crippen LogP contribution in [-0.4, -0.2) is 17.4 Å². The fraction of sp³-hybridized carbons (Fsp3) is 0.235. The van der Waals surface area contributed by atoms with Crippen molar-refractivity contribution in [3.8, 4) is 0 Å². The third-order valence-electron chi connectivity index (χ3n) is 3.06. The smallest absolute Gasteiger partial charge is 0.170 e. The van der Waals surface area contributed by atoms with Crippen molar-refractivity contribution in [3.63, 3.8) is 0 Å². The van der Waals surface area contributed by atoms with Crippen LogP contribution in [0.4, 0.5) is 10.1 Å². The summed E-state index contributed by atoms with van der Waals surface area (Å²) in [6, 6.07) is 13.3. The van der Waals surface area contributed by atoms with Gasteiger partial charge < -0.3 is 10.6 Å². The molecule has 0 unspecified atom stereocenters. The first kappa shape index (κ1) is 18.2. The predicted octanol–water partition coefficient (Wildman–Crippen LogP) is 5.12. The highest BCUT2D eigenvalue weighted by atomic mass is 79.9. The van der Waals surface area contributed by atoms with Crippen molar-refractivity contribution in [2.75, 3.05) is 17.6 Å². The Hall–Kier alpha value is -1.11. The summed E-state index contributed by atoms with van der Waals surface area (Å²) in [6.07, 6.45) is 0. The third kappa shape index (κ3) is 6.49. The van der Waals surface area contributed by atoms with E-state index in [1.807, 2.05) is 11.8 Å². The summed E-state index contributed by atoms with van der Waals surface area (Å²) in [5, 5.41) is 6.39. The first-order valence-electron chi connectivity index (χ1n) is 7.18. The molecule has 0 radical (unpaired) electrons. The van der Waals surface area contributed by atoms with Crippen molar-refractivity contribution in [3.05, 3.63) is 63.9 Å². The van der Waals surface area contributed by atoms with Gasteiger partial charge in [-0.05, 0) is 42.9 Å². The third-order valence-corrected chi connectivity index (χ3v) is 4.83. The van der Waals surface area contributed by atoms with Crippen molar-refractivity contribution >= 4 is 50.7 Å². The normalized spacial score (nSPS) is 10.4. The Balaban J connectivity index is 1.67. The number of rotatable bonds is 6. The highest BCUT2D eigenvalue weighted by molar-refractivity contribution is 9.10. The van der Waals surface area contributed by atoms with Gasteiger partial charge in [-0.1, -0.05) is 45.8 Å². The number of hydrogen-bond acceptors (Lipinski definition) is 2. The molecule has 0 bridgehead atoms. The van der Waals surface area contributed by atoms with Crippen molar-refractivity contribution < 1.29 is 4.39 Å². The van der Waals surface area contributed by atoms with Gasteiger partial charge in [-0.2, -0.15) is 11.8 Å². The maximum atomic E-state index is 13.7. The minimum atomic E-state index is -0.336. The number of thioether (sulfide) groups is 1. The van der Waals surface area contributed by atoms with E-state index < -0.39 is 0 Å². The highest BCUT2D eigenvalue weighted by Crippen LogP contribution is 2.19. The van der Waals surface area contributed by atoms with Gasteiger partial charge in [0.05, 0.1) is 5.69 Å². The molecule has 0 aliphatic heterocycles. The molecule has 2 rings (SSSR count). The SMILES string of the molecule is Cc1cccc(CSCCNC(=S)Nc2ccc(Br)cc2F)c1. The van der Waals surface area contributed by atoms with Gasteiger partial charge in [0, 0.05) is 22.5 Å². The number of nitrogens with one attached hydrogen (secondary N) is 2. The minimum absolute atomic E-state index is 0.336. The van der Waals surface area contributed by atoms with Crippen molar-refractivity contribution in [1.29, 1.82) is 0 Å². The first-order valence-corrected chi connectivity index (χ1v) is 9.53. The minimum Gasteiger partial charge on any atom is -0.362 e. The quantitative estimate of drug-likeness (QED) is 0.507. The number of benzene rings is 2. The summed E-state index contributed by atoms with van der Waals surface area (Å²) >= 11 is 10.2. The van der Waals surface area contributed by atoms with Gasteiger partial charge in [-0.15, -0.1) is 0 Å². The number of aryl methyl sites for hydroxylation is 1. The van der Waals surface area contributed by atoms with Crippen LogP contribution in [0.2, 0.25) is 0 Å². The van der Waals surface area contributed by atoms with E-state index in [1.165, 1.54) is 17.2 Å². The molecule has 0 aliphatic carbocycles. The van der Waals surface area contributed by atoms with Crippen LogP contribution in [0.3, 0.4) is 0 Å². The van der Waals surface area contributed by atoms with E-state index in [4.69, 9.17) is 12.2 Å². The van der Waals surface area contributed by atoms with Gasteiger partial charge in [0.1, 0.15) is 5.82 Å². The van der Waals surface area contributed by atoms with Gasteiger partial charge in [-0.3, -0.25) is 0 Å². The van der Waals surface area contributed by atoms with E-state index >= 15 is 0 Å². The molecule has 0 amide bonds. The molecule has 0 saturated carbocycles. The zero-order valence-corrected chi connectivity index (χ0v) is 16.0. The Morgan fingerprint density at radius 1 is 1.26 bits per heavy atom. The van der Waals surface area contributed by atoms with Gasteiger partial charge in [-0.25, -0.2) is 4.39 Å². The Kier molecular flexibility index (Phi) is 7.33. The van der Waals surface area contributed by atoms with E-state index in [2.05, 4.69) is 57.8 Å². The van der Waals surface area contributed by atoms with Crippen LogP contribution in [-0.2, 0) is 5.75 Å². The van der Waals surface area contributed by atoms with Crippen LogP contribution in [0.5, 0.6) is 0 Å². The molecule has 0 aromatic heterocycles. The average Bonchev–Trinajstić information content (AvgIpc) is 2.50. The maximum absolute atomic E-state index is 13.7. The Morgan fingerprint density at radius 2 is 2.09 bits per heavy atom. The molecule has 2 aromatic rings. The lowest BCUT2D eigenvalue weighted by Crippen LogP contribution is -2.30. The van der Waals surface area contributed by atoms with Crippen LogP contribution in [0.25, 0.3) is 0 Å². The van der Waals surface area contributed by atoms with Crippen LogP contribution in [0, 0.1) is 12.7 Å². The van der Waals surface area contributed by atoms with Crippen molar-refractivity contribution in [1.82, 2.24) is 5.32 Å². The molecule has 0 fully saturated rings. The molecular formula is C17H18BrFN2S2. The second-order valence-electron chi connectivity index (χ2n) is 5.05. The zero-order chi connectivity index (χ0) is 16.7. The van der Waals surface area contributed by atoms with E-state index in [0.29, 0.717) is 15.3 Å². The monoisotopic (exact) mass is 412 g/mol. The molecule has 0 atom stereocenters. The lowest BCUT2D eigenvalue weighted by atomic mass is 10.2. The topological polar surface area (TPSA) is 24.1 Å². The largest absolute Gasteiger partial charge is 0.362 e. The predicted molar refractivity (Wildman–Crippen MR) is 106 cm³/mol. The van der Waals surface area contributed by atoms with E-state index in [-0.39, 0.29) is 5.82 Å².